The first-order valence-corrected chi connectivity index (χ1v) is 8.66. The van der Waals surface area contributed by atoms with Crippen LogP contribution < -0.4 is 4.74 Å². The fraction of sp³-hybridized carbons (Fsp3) is 0.250. The molecule has 1 atom stereocenters. The minimum absolute atomic E-state index is 0.0609. The fourth-order valence-corrected chi connectivity index (χ4v) is 3.27. The van der Waals surface area contributed by atoms with Gasteiger partial charge in [0.1, 0.15) is 29.0 Å². The number of nitrogens with zero attached hydrogens (tertiary/aromatic N) is 3. The van der Waals surface area contributed by atoms with Crippen molar-refractivity contribution in [3.8, 4) is 17.3 Å². The minimum atomic E-state index is -1.27. The lowest BCUT2D eigenvalue weighted by molar-refractivity contribution is 0.200. The molecule has 1 N–H and O–H groups in total. The van der Waals surface area contributed by atoms with E-state index in [1.54, 1.807) is 22.5 Å². The topological polar surface area (TPSA) is 77.2 Å². The summed E-state index contributed by atoms with van der Waals surface area (Å²) in [6, 6.07) is 9.28. The second kappa shape index (κ2) is 6.47. The molecule has 6 nitrogen and oxygen atoms in total. The van der Waals surface area contributed by atoms with Crippen LogP contribution in [0.15, 0.2) is 36.5 Å². The first kappa shape index (κ1) is 15.6. The number of aliphatic hydroxyl groups is 1. The number of benzene rings is 1. The van der Waals surface area contributed by atoms with Gasteiger partial charge in [0.2, 0.25) is 0 Å². The van der Waals surface area contributed by atoms with Crippen molar-refractivity contribution in [2.24, 2.45) is 0 Å². The molecule has 3 aromatic rings. The predicted octanol–water partition coefficient (Wildman–Crippen LogP) is 1.92. The standard InChI is InChI=1S/C16H17N3O3S/c1-11-14(22-10-9-20)7-8-17-15(11)16-18-12-5-3-4-6-13(12)19(16)23(2)21/h3-8,20H,9-10H2,1-2H3. The number of hydrogen-bond acceptors (Lipinski definition) is 5. The smallest absolute Gasteiger partial charge is 0.172 e. The molecule has 0 saturated carbocycles. The number of ether oxygens (including phenoxy) is 1. The molecule has 0 spiro atoms. The number of rotatable bonds is 5. The molecule has 0 aliphatic carbocycles. The largest absolute Gasteiger partial charge is 0.491 e. The average Bonchev–Trinajstić information content (AvgIpc) is 2.93. The molecule has 0 bridgehead atoms. The maximum atomic E-state index is 12.2. The maximum absolute atomic E-state index is 12.2. The molecule has 0 radical (unpaired) electrons. The van der Waals surface area contributed by atoms with Crippen LogP contribution in [0.1, 0.15) is 5.56 Å². The molecule has 0 amide bonds. The highest BCUT2D eigenvalue weighted by Crippen LogP contribution is 2.30. The van der Waals surface area contributed by atoms with Gasteiger partial charge >= 0.3 is 0 Å². The van der Waals surface area contributed by atoms with E-state index < -0.39 is 11.0 Å². The molecule has 7 heteroatoms. The van der Waals surface area contributed by atoms with E-state index in [1.165, 1.54) is 0 Å². The minimum Gasteiger partial charge on any atom is -0.491 e. The number of para-hydroxylation sites is 2. The third-order valence-electron chi connectivity index (χ3n) is 3.49. The van der Waals surface area contributed by atoms with Gasteiger partial charge < -0.3 is 9.84 Å². The van der Waals surface area contributed by atoms with E-state index in [1.807, 2.05) is 31.2 Å². The number of aromatic nitrogens is 3. The quantitative estimate of drug-likeness (QED) is 0.773. The van der Waals surface area contributed by atoms with E-state index in [-0.39, 0.29) is 13.2 Å². The predicted molar refractivity (Wildman–Crippen MR) is 89.7 cm³/mol. The summed E-state index contributed by atoms with van der Waals surface area (Å²) in [5.74, 6) is 1.17. The molecule has 0 aliphatic heterocycles. The van der Waals surface area contributed by atoms with Gasteiger partial charge in [0, 0.05) is 18.0 Å². The van der Waals surface area contributed by atoms with Gasteiger partial charge in [-0.05, 0) is 25.1 Å². The molecular weight excluding hydrogens is 314 g/mol. The third-order valence-corrected chi connectivity index (χ3v) is 4.38. The van der Waals surface area contributed by atoms with E-state index in [0.717, 1.165) is 16.6 Å². The van der Waals surface area contributed by atoms with Crippen molar-refractivity contribution in [2.75, 3.05) is 19.5 Å². The highest BCUT2D eigenvalue weighted by Gasteiger charge is 2.19. The van der Waals surface area contributed by atoms with Crippen LogP contribution in [0, 0.1) is 6.92 Å². The monoisotopic (exact) mass is 331 g/mol. The number of imidazole rings is 1. The average molecular weight is 331 g/mol. The van der Waals surface area contributed by atoms with Gasteiger partial charge in [-0.3, -0.25) is 4.98 Å². The van der Waals surface area contributed by atoms with Crippen LogP contribution in [0.4, 0.5) is 0 Å². The Hall–Kier alpha value is -2.25. The Balaban J connectivity index is 2.21. The van der Waals surface area contributed by atoms with Gasteiger partial charge in [-0.25, -0.2) is 13.2 Å². The van der Waals surface area contributed by atoms with E-state index in [0.29, 0.717) is 17.3 Å². The zero-order valence-corrected chi connectivity index (χ0v) is 13.7. The third kappa shape index (κ3) is 2.85. The molecule has 0 saturated heterocycles. The van der Waals surface area contributed by atoms with Gasteiger partial charge in [-0.2, -0.15) is 0 Å². The highest BCUT2D eigenvalue weighted by molar-refractivity contribution is 7.83. The molecule has 1 unspecified atom stereocenters. The lowest BCUT2D eigenvalue weighted by Crippen LogP contribution is -2.07. The molecule has 120 valence electrons. The number of fused-ring (bicyclic) bond motifs is 1. The highest BCUT2D eigenvalue weighted by atomic mass is 32.2. The Morgan fingerprint density at radius 2 is 2.09 bits per heavy atom. The van der Waals surface area contributed by atoms with Gasteiger partial charge in [-0.15, -0.1) is 0 Å². The van der Waals surface area contributed by atoms with Gasteiger partial charge in [-0.1, -0.05) is 12.1 Å². The Bertz CT molecular complexity index is 876. The van der Waals surface area contributed by atoms with Crippen molar-refractivity contribution in [2.45, 2.75) is 6.92 Å². The second-order valence-electron chi connectivity index (χ2n) is 5.00. The van der Waals surface area contributed by atoms with Crippen LogP contribution in [0.5, 0.6) is 5.75 Å². The summed E-state index contributed by atoms with van der Waals surface area (Å²) in [6.07, 6.45) is 3.23. The van der Waals surface area contributed by atoms with Crippen LogP contribution >= 0.6 is 0 Å². The summed E-state index contributed by atoms with van der Waals surface area (Å²) in [5.41, 5.74) is 2.97. The lowest BCUT2D eigenvalue weighted by atomic mass is 10.2. The van der Waals surface area contributed by atoms with Crippen molar-refractivity contribution in [3.63, 3.8) is 0 Å². The van der Waals surface area contributed by atoms with Crippen molar-refractivity contribution in [1.29, 1.82) is 0 Å². The number of aliphatic hydroxyl groups excluding tert-OH is 1. The van der Waals surface area contributed by atoms with Gasteiger partial charge in [0.05, 0.1) is 17.6 Å². The first-order valence-electron chi connectivity index (χ1n) is 7.14. The summed E-state index contributed by atoms with van der Waals surface area (Å²) in [5, 5.41) is 8.92. The summed E-state index contributed by atoms with van der Waals surface area (Å²) in [6.45, 7) is 2.02. The summed E-state index contributed by atoms with van der Waals surface area (Å²) in [4.78, 5) is 8.98. The summed E-state index contributed by atoms with van der Waals surface area (Å²) >= 11 is 0. The van der Waals surface area contributed by atoms with Crippen molar-refractivity contribution >= 4 is 22.0 Å². The van der Waals surface area contributed by atoms with E-state index in [4.69, 9.17) is 9.84 Å². The van der Waals surface area contributed by atoms with Crippen LogP contribution in [0.25, 0.3) is 22.6 Å². The molecule has 2 aromatic heterocycles. The maximum Gasteiger partial charge on any atom is 0.172 e. The molecule has 23 heavy (non-hydrogen) atoms. The zero-order valence-electron chi connectivity index (χ0n) is 12.9. The van der Waals surface area contributed by atoms with Crippen molar-refractivity contribution in [1.82, 2.24) is 13.9 Å². The normalized spacial score (nSPS) is 12.5. The van der Waals surface area contributed by atoms with E-state index in [2.05, 4.69) is 9.97 Å². The summed E-state index contributed by atoms with van der Waals surface area (Å²) in [7, 11) is -1.27. The Kier molecular flexibility index (Phi) is 4.40. The van der Waals surface area contributed by atoms with Crippen molar-refractivity contribution in [3.05, 3.63) is 42.1 Å². The van der Waals surface area contributed by atoms with Crippen LogP contribution in [0.3, 0.4) is 0 Å². The second-order valence-corrected chi connectivity index (χ2v) is 6.21. The lowest BCUT2D eigenvalue weighted by Gasteiger charge is -2.11. The molecule has 1 aromatic carbocycles. The van der Waals surface area contributed by atoms with Gasteiger partial charge in [0.25, 0.3) is 0 Å². The van der Waals surface area contributed by atoms with Crippen LogP contribution in [-0.4, -0.2) is 42.7 Å². The Morgan fingerprint density at radius 1 is 1.30 bits per heavy atom. The molecule has 3 rings (SSSR count). The summed E-state index contributed by atoms with van der Waals surface area (Å²) < 4.78 is 19.4. The Morgan fingerprint density at radius 3 is 2.83 bits per heavy atom. The number of pyridine rings is 1. The Labute approximate surface area is 136 Å². The van der Waals surface area contributed by atoms with E-state index >= 15 is 0 Å². The molecule has 0 aliphatic rings. The number of hydrogen-bond donors (Lipinski definition) is 1. The SMILES string of the molecule is Cc1c(OCCO)ccnc1-c1nc2ccccc2n1S(C)=O. The van der Waals surface area contributed by atoms with E-state index in [9.17, 15) is 4.21 Å². The first-order chi connectivity index (χ1) is 11.1. The van der Waals surface area contributed by atoms with Crippen LogP contribution in [-0.2, 0) is 11.0 Å². The molecule has 2 heterocycles. The van der Waals surface area contributed by atoms with Gasteiger partial charge in [0.15, 0.2) is 5.82 Å². The van der Waals surface area contributed by atoms with Crippen LogP contribution in [0.2, 0.25) is 0 Å². The fourth-order valence-electron chi connectivity index (χ4n) is 2.47. The zero-order chi connectivity index (χ0) is 16.4. The van der Waals surface area contributed by atoms with Crippen molar-refractivity contribution < 1.29 is 14.1 Å². The molecule has 0 fully saturated rings. The molecular formula is C16H17N3O3S.